The number of rotatable bonds is 8. The van der Waals surface area contributed by atoms with Crippen LogP contribution in [0.25, 0.3) is 0 Å². The van der Waals surface area contributed by atoms with Crippen LogP contribution in [0.1, 0.15) is 36.4 Å². The highest BCUT2D eigenvalue weighted by atomic mass is 32.1. The van der Waals surface area contributed by atoms with Gasteiger partial charge in [0.05, 0.1) is 4.88 Å². The molecule has 1 rings (SSSR count). The highest BCUT2D eigenvalue weighted by Crippen LogP contribution is 2.08. The highest BCUT2D eigenvalue weighted by Gasteiger charge is 2.16. The normalized spacial score (nSPS) is 13.6. The molecule has 2 atom stereocenters. The predicted molar refractivity (Wildman–Crippen MR) is 79.7 cm³/mol. The number of aliphatic hydroxyl groups is 1. The summed E-state index contributed by atoms with van der Waals surface area (Å²) in [5.74, 6) is -0.161. The molecule has 0 fully saturated rings. The van der Waals surface area contributed by atoms with E-state index >= 15 is 0 Å². The van der Waals surface area contributed by atoms with Crippen molar-refractivity contribution in [3.05, 3.63) is 22.4 Å². The Balaban J connectivity index is 2.24. The molecule has 20 heavy (non-hydrogen) atoms. The lowest BCUT2D eigenvalue weighted by Crippen LogP contribution is -2.44. The van der Waals surface area contributed by atoms with Crippen LogP contribution < -0.4 is 10.6 Å². The molecule has 0 radical (unpaired) electrons. The molecule has 2 amide bonds. The van der Waals surface area contributed by atoms with Gasteiger partial charge in [-0.05, 0) is 37.1 Å². The van der Waals surface area contributed by atoms with Crippen molar-refractivity contribution >= 4 is 23.2 Å². The van der Waals surface area contributed by atoms with Crippen molar-refractivity contribution in [2.45, 2.75) is 32.7 Å². The van der Waals surface area contributed by atoms with Gasteiger partial charge in [-0.1, -0.05) is 13.0 Å². The molecule has 0 aliphatic heterocycles. The molecule has 5 nitrogen and oxygen atoms in total. The lowest BCUT2D eigenvalue weighted by Gasteiger charge is -2.14. The molecule has 0 saturated carbocycles. The molecular formula is C14H22N2O3S. The van der Waals surface area contributed by atoms with Crippen molar-refractivity contribution in [1.82, 2.24) is 10.6 Å². The fourth-order valence-electron chi connectivity index (χ4n) is 1.65. The summed E-state index contributed by atoms with van der Waals surface area (Å²) < 4.78 is 0. The van der Waals surface area contributed by atoms with Crippen molar-refractivity contribution in [1.29, 1.82) is 0 Å². The van der Waals surface area contributed by atoms with Gasteiger partial charge in [-0.15, -0.1) is 11.3 Å². The first-order valence-corrected chi connectivity index (χ1v) is 7.65. The molecule has 0 spiro atoms. The van der Waals surface area contributed by atoms with Crippen LogP contribution in [0.15, 0.2) is 17.5 Å². The van der Waals surface area contributed by atoms with Gasteiger partial charge in [-0.2, -0.15) is 0 Å². The summed E-state index contributed by atoms with van der Waals surface area (Å²) in [6, 6.07) is 2.97. The van der Waals surface area contributed by atoms with Gasteiger partial charge in [0.1, 0.15) is 6.04 Å². The van der Waals surface area contributed by atoms with E-state index < -0.39 is 6.04 Å². The van der Waals surface area contributed by atoms with Crippen LogP contribution in [0.2, 0.25) is 0 Å². The number of thiophene rings is 1. The number of aliphatic hydroxyl groups excluding tert-OH is 1. The Morgan fingerprint density at radius 3 is 2.75 bits per heavy atom. The second kappa shape index (κ2) is 8.71. The molecule has 2 unspecified atom stereocenters. The molecule has 0 saturated heterocycles. The molecule has 0 bridgehead atoms. The zero-order valence-electron chi connectivity index (χ0n) is 11.9. The van der Waals surface area contributed by atoms with Crippen LogP contribution in [-0.2, 0) is 4.79 Å². The van der Waals surface area contributed by atoms with Crippen molar-refractivity contribution in [3.63, 3.8) is 0 Å². The molecule has 1 aromatic heterocycles. The second-order valence-electron chi connectivity index (χ2n) is 4.89. The summed E-state index contributed by atoms with van der Waals surface area (Å²) >= 11 is 1.34. The van der Waals surface area contributed by atoms with E-state index in [0.29, 0.717) is 11.4 Å². The Kier molecular flexibility index (Phi) is 7.25. The maximum absolute atomic E-state index is 11.8. The average molecular weight is 298 g/mol. The number of nitrogens with one attached hydrogen (secondary N) is 2. The quantitative estimate of drug-likeness (QED) is 0.635. The predicted octanol–water partition coefficient (Wildman–Crippen LogP) is 1.39. The fraction of sp³-hybridized carbons (Fsp3) is 0.571. The zero-order valence-corrected chi connectivity index (χ0v) is 12.7. The molecule has 0 aromatic carbocycles. The van der Waals surface area contributed by atoms with Gasteiger partial charge in [-0.3, -0.25) is 9.59 Å². The Morgan fingerprint density at radius 2 is 2.15 bits per heavy atom. The van der Waals surface area contributed by atoms with Crippen molar-refractivity contribution in [2.75, 3.05) is 13.2 Å². The van der Waals surface area contributed by atoms with Crippen LogP contribution in [0.5, 0.6) is 0 Å². The first-order valence-electron chi connectivity index (χ1n) is 6.77. The summed E-state index contributed by atoms with van der Waals surface area (Å²) in [4.78, 5) is 24.2. The van der Waals surface area contributed by atoms with Gasteiger partial charge < -0.3 is 15.7 Å². The maximum atomic E-state index is 11.8. The van der Waals surface area contributed by atoms with Crippen molar-refractivity contribution < 1.29 is 14.7 Å². The lowest BCUT2D eigenvalue weighted by atomic mass is 10.1. The molecule has 0 aliphatic carbocycles. The third-order valence-corrected chi connectivity index (χ3v) is 3.84. The number of amides is 2. The van der Waals surface area contributed by atoms with Gasteiger partial charge in [0.25, 0.3) is 5.91 Å². The Bertz CT molecular complexity index is 420. The smallest absolute Gasteiger partial charge is 0.261 e. The Morgan fingerprint density at radius 1 is 1.40 bits per heavy atom. The summed E-state index contributed by atoms with van der Waals surface area (Å²) in [6.45, 7) is 4.35. The maximum Gasteiger partial charge on any atom is 0.261 e. The van der Waals surface area contributed by atoms with E-state index in [9.17, 15) is 9.59 Å². The van der Waals surface area contributed by atoms with Gasteiger partial charge in [0.15, 0.2) is 0 Å². The topological polar surface area (TPSA) is 78.4 Å². The molecule has 0 aliphatic rings. The first kappa shape index (κ1) is 16.7. The molecular weight excluding hydrogens is 276 g/mol. The number of hydrogen-bond donors (Lipinski definition) is 3. The molecule has 1 heterocycles. The minimum absolute atomic E-state index is 0.168. The summed E-state index contributed by atoms with van der Waals surface area (Å²) in [7, 11) is 0. The Hall–Kier alpha value is -1.40. The highest BCUT2D eigenvalue weighted by molar-refractivity contribution is 7.12. The minimum Gasteiger partial charge on any atom is -0.396 e. The third kappa shape index (κ3) is 5.71. The van der Waals surface area contributed by atoms with Crippen LogP contribution in [0.4, 0.5) is 0 Å². The first-order chi connectivity index (χ1) is 9.54. The number of hydrogen-bond acceptors (Lipinski definition) is 4. The van der Waals surface area contributed by atoms with E-state index in [2.05, 4.69) is 10.6 Å². The van der Waals surface area contributed by atoms with Gasteiger partial charge in [0, 0.05) is 13.2 Å². The van der Waals surface area contributed by atoms with E-state index in [1.807, 2.05) is 12.3 Å². The van der Waals surface area contributed by atoms with E-state index in [1.165, 1.54) is 11.3 Å². The SMILES string of the molecule is CC(CO)CCCNC(=O)C(C)NC(=O)c1cccs1. The number of carbonyl (C=O) groups is 2. The van der Waals surface area contributed by atoms with Crippen LogP contribution in [-0.4, -0.2) is 36.1 Å². The monoisotopic (exact) mass is 298 g/mol. The standard InChI is InChI=1S/C14H22N2O3S/c1-10(9-17)5-3-7-15-13(18)11(2)16-14(19)12-6-4-8-20-12/h4,6,8,10-11,17H,3,5,7,9H2,1-2H3,(H,15,18)(H,16,19). The summed E-state index contributed by atoms with van der Waals surface area (Å²) in [5.41, 5.74) is 0. The van der Waals surface area contributed by atoms with E-state index in [4.69, 9.17) is 5.11 Å². The van der Waals surface area contributed by atoms with Crippen molar-refractivity contribution in [2.24, 2.45) is 5.92 Å². The van der Waals surface area contributed by atoms with E-state index in [-0.39, 0.29) is 24.3 Å². The van der Waals surface area contributed by atoms with Crippen LogP contribution in [0, 0.1) is 5.92 Å². The zero-order chi connectivity index (χ0) is 15.0. The van der Waals surface area contributed by atoms with Gasteiger partial charge >= 0.3 is 0 Å². The average Bonchev–Trinajstić information content (AvgIpc) is 2.96. The molecule has 6 heteroatoms. The second-order valence-corrected chi connectivity index (χ2v) is 5.84. The van der Waals surface area contributed by atoms with E-state index in [1.54, 1.807) is 19.1 Å². The summed E-state index contributed by atoms with van der Waals surface area (Å²) in [5, 5.41) is 16.2. The number of carbonyl (C=O) groups excluding carboxylic acids is 2. The Labute approximate surface area is 123 Å². The fourth-order valence-corrected chi connectivity index (χ4v) is 2.27. The molecule has 3 N–H and O–H groups in total. The van der Waals surface area contributed by atoms with Crippen LogP contribution in [0.3, 0.4) is 0 Å². The van der Waals surface area contributed by atoms with Crippen LogP contribution >= 0.6 is 11.3 Å². The van der Waals surface area contributed by atoms with E-state index in [0.717, 1.165) is 12.8 Å². The minimum atomic E-state index is -0.556. The summed E-state index contributed by atoms with van der Waals surface area (Å²) in [6.07, 6.45) is 1.69. The molecule has 112 valence electrons. The lowest BCUT2D eigenvalue weighted by molar-refractivity contribution is -0.122. The van der Waals surface area contributed by atoms with Crippen molar-refractivity contribution in [3.8, 4) is 0 Å². The van der Waals surface area contributed by atoms with Gasteiger partial charge in [0.2, 0.25) is 5.91 Å². The largest absolute Gasteiger partial charge is 0.396 e. The third-order valence-electron chi connectivity index (χ3n) is 2.97. The van der Waals surface area contributed by atoms with Gasteiger partial charge in [-0.25, -0.2) is 0 Å². The molecule has 1 aromatic rings.